The van der Waals surface area contributed by atoms with Gasteiger partial charge in [0.2, 0.25) is 11.0 Å². The molecule has 0 aliphatic carbocycles. The summed E-state index contributed by atoms with van der Waals surface area (Å²) in [5.74, 6) is -0.647. The van der Waals surface area contributed by atoms with Crippen molar-refractivity contribution in [3.8, 4) is 0 Å². The normalized spacial score (nSPS) is 15.6. The number of nitrogens with zero attached hydrogens (tertiary/aromatic N) is 3. The maximum Gasteiger partial charge on any atom is 0.262 e. The zero-order valence-corrected chi connectivity index (χ0v) is 16.9. The molecule has 1 aromatic heterocycles. The van der Waals surface area contributed by atoms with Crippen LogP contribution in [0.3, 0.4) is 0 Å². The van der Waals surface area contributed by atoms with Gasteiger partial charge in [-0.25, -0.2) is 0 Å². The molecule has 2 heterocycles. The molecular formula is C18H20N4O3S2. The average Bonchev–Trinajstić information content (AvgIpc) is 3.20. The van der Waals surface area contributed by atoms with E-state index < -0.39 is 23.8 Å². The number of thioether (sulfide) groups is 1. The summed E-state index contributed by atoms with van der Waals surface area (Å²) >= 11 is 2.81. The van der Waals surface area contributed by atoms with Gasteiger partial charge >= 0.3 is 0 Å². The van der Waals surface area contributed by atoms with Crippen LogP contribution in [0.5, 0.6) is 0 Å². The summed E-state index contributed by atoms with van der Waals surface area (Å²) in [5.41, 5.74) is 0.669. The molecule has 1 aromatic carbocycles. The Morgan fingerprint density at radius 2 is 1.81 bits per heavy atom. The van der Waals surface area contributed by atoms with Crippen LogP contribution in [0.2, 0.25) is 0 Å². The van der Waals surface area contributed by atoms with Crippen LogP contribution in [-0.4, -0.2) is 44.6 Å². The first-order chi connectivity index (χ1) is 13.0. The number of hydrogen-bond donors (Lipinski definition) is 1. The zero-order valence-electron chi connectivity index (χ0n) is 15.3. The second-order valence-electron chi connectivity index (χ2n) is 6.15. The number of benzene rings is 1. The Kier molecular flexibility index (Phi) is 5.91. The Morgan fingerprint density at radius 3 is 2.37 bits per heavy atom. The highest BCUT2D eigenvalue weighted by molar-refractivity contribution is 8.01. The summed E-state index contributed by atoms with van der Waals surface area (Å²) in [5, 5.41) is 11.1. The molecule has 1 aliphatic heterocycles. The molecule has 2 atom stereocenters. The van der Waals surface area contributed by atoms with Gasteiger partial charge in [-0.2, -0.15) is 0 Å². The van der Waals surface area contributed by atoms with Crippen LogP contribution in [-0.2, 0) is 4.79 Å². The van der Waals surface area contributed by atoms with E-state index in [9.17, 15) is 14.4 Å². The van der Waals surface area contributed by atoms with E-state index in [0.29, 0.717) is 22.7 Å². The average molecular weight is 405 g/mol. The third-order valence-corrected chi connectivity index (χ3v) is 6.31. The number of nitrogens with one attached hydrogen (secondary N) is 1. The van der Waals surface area contributed by atoms with Gasteiger partial charge in [0.1, 0.15) is 6.04 Å². The van der Waals surface area contributed by atoms with Gasteiger partial charge in [-0.1, -0.05) is 62.4 Å². The molecule has 3 rings (SSSR count). The van der Waals surface area contributed by atoms with Crippen molar-refractivity contribution in [3.05, 3.63) is 35.4 Å². The number of rotatable bonds is 7. The fraction of sp³-hybridized carbons (Fsp3) is 0.389. The number of aromatic nitrogens is 2. The minimum atomic E-state index is -0.909. The molecule has 142 valence electrons. The molecule has 7 nitrogen and oxygen atoms in total. The van der Waals surface area contributed by atoms with Crippen molar-refractivity contribution in [2.45, 2.75) is 37.6 Å². The predicted octanol–water partition coefficient (Wildman–Crippen LogP) is 3.30. The van der Waals surface area contributed by atoms with E-state index in [1.54, 1.807) is 24.3 Å². The first-order valence-electron chi connectivity index (χ1n) is 8.72. The summed E-state index contributed by atoms with van der Waals surface area (Å²) in [6.45, 7) is 5.78. The molecule has 0 bridgehead atoms. The fourth-order valence-corrected chi connectivity index (χ4v) is 4.59. The van der Waals surface area contributed by atoms with Crippen LogP contribution in [0.4, 0.5) is 5.13 Å². The molecule has 2 unspecified atom stereocenters. The van der Waals surface area contributed by atoms with Crippen molar-refractivity contribution in [2.24, 2.45) is 5.92 Å². The molecule has 9 heteroatoms. The van der Waals surface area contributed by atoms with E-state index in [2.05, 4.69) is 15.5 Å². The standard InChI is InChI=1S/C18H20N4O3S2/c1-4-10(3)13(14(23)19-17-20-21-18(27-17)26-5-2)22-15(24)11-8-6-7-9-12(11)16(22)25/h6-10,13H,4-5H2,1-3H3,(H,19,20,23). The summed E-state index contributed by atoms with van der Waals surface area (Å²) in [4.78, 5) is 39.7. The van der Waals surface area contributed by atoms with Crippen molar-refractivity contribution in [1.82, 2.24) is 15.1 Å². The lowest BCUT2D eigenvalue weighted by Crippen LogP contribution is -2.50. The van der Waals surface area contributed by atoms with Crippen molar-refractivity contribution in [2.75, 3.05) is 11.1 Å². The first-order valence-corrected chi connectivity index (χ1v) is 10.5. The Bertz CT molecular complexity index is 848. The van der Waals surface area contributed by atoms with Gasteiger partial charge in [-0.15, -0.1) is 10.2 Å². The maximum absolute atomic E-state index is 13.0. The molecule has 0 spiro atoms. The van der Waals surface area contributed by atoms with E-state index in [0.717, 1.165) is 15.0 Å². The van der Waals surface area contributed by atoms with E-state index in [4.69, 9.17) is 0 Å². The fourth-order valence-electron chi connectivity index (χ4n) is 2.94. The Labute approximate surface area is 165 Å². The maximum atomic E-state index is 13.0. The smallest absolute Gasteiger partial charge is 0.262 e. The number of anilines is 1. The largest absolute Gasteiger partial charge is 0.299 e. The molecule has 1 N–H and O–H groups in total. The number of amides is 3. The van der Waals surface area contributed by atoms with E-state index in [1.807, 2.05) is 20.8 Å². The molecule has 0 saturated carbocycles. The number of hydrogen-bond acceptors (Lipinski definition) is 7. The molecule has 2 aromatic rings. The van der Waals surface area contributed by atoms with E-state index >= 15 is 0 Å². The molecule has 0 saturated heterocycles. The first kappa shape index (κ1) is 19.5. The van der Waals surface area contributed by atoms with Gasteiger partial charge in [0.25, 0.3) is 11.8 Å². The number of carbonyl (C=O) groups excluding carboxylic acids is 3. The lowest BCUT2D eigenvalue weighted by Gasteiger charge is -2.29. The van der Waals surface area contributed by atoms with Crippen molar-refractivity contribution in [1.29, 1.82) is 0 Å². The Hall–Kier alpha value is -2.26. The lowest BCUT2D eigenvalue weighted by atomic mass is 9.96. The van der Waals surface area contributed by atoms with E-state index in [1.165, 1.54) is 23.1 Å². The predicted molar refractivity (Wildman–Crippen MR) is 105 cm³/mol. The van der Waals surface area contributed by atoms with Crippen LogP contribution < -0.4 is 5.32 Å². The Morgan fingerprint density at radius 1 is 1.19 bits per heavy atom. The van der Waals surface area contributed by atoms with Crippen molar-refractivity contribution < 1.29 is 14.4 Å². The number of imide groups is 1. The lowest BCUT2D eigenvalue weighted by molar-refractivity contribution is -0.121. The number of fused-ring (bicyclic) bond motifs is 1. The Balaban J connectivity index is 1.87. The summed E-state index contributed by atoms with van der Waals surface area (Å²) in [7, 11) is 0. The van der Waals surface area contributed by atoms with Crippen LogP contribution in [0.25, 0.3) is 0 Å². The second kappa shape index (κ2) is 8.18. The summed E-state index contributed by atoms with van der Waals surface area (Å²) in [6.07, 6.45) is 0.637. The molecule has 0 radical (unpaired) electrons. The third-order valence-electron chi connectivity index (χ3n) is 4.46. The highest BCUT2D eigenvalue weighted by Crippen LogP contribution is 2.30. The van der Waals surface area contributed by atoms with Gasteiger partial charge in [0, 0.05) is 0 Å². The highest BCUT2D eigenvalue weighted by atomic mass is 32.2. The second-order valence-corrected chi connectivity index (χ2v) is 8.64. The SMILES string of the molecule is CCSc1nnc(NC(=O)C(C(C)CC)N2C(=O)c3ccccc3C2=O)s1. The third kappa shape index (κ3) is 3.74. The van der Waals surface area contributed by atoms with Crippen LogP contribution >= 0.6 is 23.1 Å². The van der Waals surface area contributed by atoms with Gasteiger partial charge < -0.3 is 0 Å². The van der Waals surface area contributed by atoms with Crippen LogP contribution in [0.1, 0.15) is 47.9 Å². The number of carbonyl (C=O) groups is 3. The monoisotopic (exact) mass is 404 g/mol. The quantitative estimate of drug-likeness (QED) is 0.432. The molecular weight excluding hydrogens is 384 g/mol. The zero-order chi connectivity index (χ0) is 19.6. The topological polar surface area (TPSA) is 92.3 Å². The van der Waals surface area contributed by atoms with Crippen LogP contribution in [0, 0.1) is 5.92 Å². The summed E-state index contributed by atoms with van der Waals surface area (Å²) < 4.78 is 0.758. The van der Waals surface area contributed by atoms with Crippen molar-refractivity contribution in [3.63, 3.8) is 0 Å². The van der Waals surface area contributed by atoms with Gasteiger partial charge in [0.05, 0.1) is 11.1 Å². The van der Waals surface area contributed by atoms with Crippen molar-refractivity contribution >= 4 is 46.0 Å². The molecule has 27 heavy (non-hydrogen) atoms. The molecule has 1 aliphatic rings. The van der Waals surface area contributed by atoms with Gasteiger partial charge in [0.15, 0.2) is 4.34 Å². The van der Waals surface area contributed by atoms with Gasteiger partial charge in [-0.05, 0) is 23.8 Å². The highest BCUT2D eigenvalue weighted by Gasteiger charge is 2.44. The molecule has 0 fully saturated rings. The minimum Gasteiger partial charge on any atom is -0.299 e. The van der Waals surface area contributed by atoms with Gasteiger partial charge in [-0.3, -0.25) is 24.6 Å². The minimum absolute atomic E-state index is 0.204. The van der Waals surface area contributed by atoms with Crippen LogP contribution in [0.15, 0.2) is 28.6 Å². The van der Waals surface area contributed by atoms with E-state index in [-0.39, 0.29) is 5.92 Å². The summed E-state index contributed by atoms with van der Waals surface area (Å²) in [6, 6.07) is 5.73. The molecule has 3 amide bonds.